The van der Waals surface area contributed by atoms with Gasteiger partial charge in [0.15, 0.2) is 0 Å². The minimum absolute atomic E-state index is 0. The van der Waals surface area contributed by atoms with Gasteiger partial charge < -0.3 is 16.4 Å². The molecule has 7 heteroatoms. The summed E-state index contributed by atoms with van der Waals surface area (Å²) in [5.41, 5.74) is 8.67. The van der Waals surface area contributed by atoms with Gasteiger partial charge in [-0.1, -0.05) is 6.07 Å². The number of anilines is 2. The van der Waals surface area contributed by atoms with E-state index in [1.807, 2.05) is 18.4 Å². The van der Waals surface area contributed by atoms with Crippen molar-refractivity contribution in [3.8, 4) is 0 Å². The number of aryl methyl sites for hydroxylation is 1. The highest BCUT2D eigenvalue weighted by molar-refractivity contribution is 7.08. The molecule has 2 rings (SSSR count). The number of amides is 2. The van der Waals surface area contributed by atoms with Crippen LogP contribution in [-0.2, 0) is 4.79 Å². The molecule has 0 saturated carbocycles. The lowest BCUT2D eigenvalue weighted by Crippen LogP contribution is -2.25. The maximum Gasteiger partial charge on any atom is 0.252 e. The molecule has 0 fully saturated rings. The van der Waals surface area contributed by atoms with Crippen molar-refractivity contribution in [2.75, 3.05) is 17.6 Å². The molecular weight excluding hydrogens is 334 g/mol. The molecule has 124 valence electrons. The van der Waals surface area contributed by atoms with Gasteiger partial charge in [0, 0.05) is 35.3 Å². The Morgan fingerprint density at radius 3 is 2.74 bits per heavy atom. The Bertz CT molecular complexity index is 659. The minimum atomic E-state index is -0.103. The van der Waals surface area contributed by atoms with E-state index in [-0.39, 0.29) is 24.2 Å². The van der Waals surface area contributed by atoms with Crippen molar-refractivity contribution in [1.82, 2.24) is 5.32 Å². The van der Waals surface area contributed by atoms with Crippen LogP contribution in [0.5, 0.6) is 0 Å². The Labute approximate surface area is 145 Å². The fourth-order valence-corrected chi connectivity index (χ4v) is 2.57. The number of carbonyl (C=O) groups is 2. The molecule has 0 aliphatic heterocycles. The summed E-state index contributed by atoms with van der Waals surface area (Å²) in [6.45, 7) is 2.38. The van der Waals surface area contributed by atoms with Gasteiger partial charge in [0.2, 0.25) is 5.91 Å². The van der Waals surface area contributed by atoms with Crippen LogP contribution in [0.4, 0.5) is 11.4 Å². The molecule has 0 aliphatic carbocycles. The molecule has 1 aromatic heterocycles. The van der Waals surface area contributed by atoms with Gasteiger partial charge in [-0.15, -0.1) is 12.4 Å². The predicted octanol–water partition coefficient (Wildman–Crippen LogP) is 3.21. The van der Waals surface area contributed by atoms with Crippen LogP contribution in [0, 0.1) is 6.92 Å². The fourth-order valence-electron chi connectivity index (χ4n) is 1.93. The first-order valence-corrected chi connectivity index (χ1v) is 7.97. The van der Waals surface area contributed by atoms with Gasteiger partial charge in [0.05, 0.1) is 0 Å². The maximum absolute atomic E-state index is 11.9. The van der Waals surface area contributed by atoms with Crippen molar-refractivity contribution < 1.29 is 9.59 Å². The van der Waals surface area contributed by atoms with Crippen LogP contribution >= 0.6 is 23.7 Å². The second-order valence-corrected chi connectivity index (χ2v) is 5.77. The fraction of sp³-hybridized carbons (Fsp3) is 0.250. The van der Waals surface area contributed by atoms with Gasteiger partial charge in [0.1, 0.15) is 0 Å². The average Bonchev–Trinajstić information content (AvgIpc) is 3.01. The molecule has 0 atom stereocenters. The summed E-state index contributed by atoms with van der Waals surface area (Å²) in [5.74, 6) is -0.188. The van der Waals surface area contributed by atoms with Crippen LogP contribution in [0.15, 0.2) is 35.0 Å². The number of nitrogen functional groups attached to an aromatic ring is 1. The standard InChI is InChI=1S/C16H19N3O2S.ClH/c1-11-4-5-13(17)9-14(11)19-15(20)3-2-7-18-16(21)12-6-8-22-10-12;/h4-6,8-10H,2-3,7,17H2,1H3,(H,18,21)(H,19,20);1H. The Morgan fingerprint density at radius 2 is 2.04 bits per heavy atom. The first-order chi connectivity index (χ1) is 10.6. The molecule has 4 N–H and O–H groups in total. The highest BCUT2D eigenvalue weighted by Crippen LogP contribution is 2.18. The lowest BCUT2D eigenvalue weighted by Gasteiger charge is -2.09. The minimum Gasteiger partial charge on any atom is -0.399 e. The van der Waals surface area contributed by atoms with Gasteiger partial charge in [-0.25, -0.2) is 0 Å². The zero-order valence-corrected chi connectivity index (χ0v) is 14.4. The van der Waals surface area contributed by atoms with E-state index in [0.29, 0.717) is 30.6 Å². The van der Waals surface area contributed by atoms with Crippen LogP contribution in [0.1, 0.15) is 28.8 Å². The summed E-state index contributed by atoms with van der Waals surface area (Å²) < 4.78 is 0. The first kappa shape index (κ1) is 19.0. The first-order valence-electron chi connectivity index (χ1n) is 7.02. The van der Waals surface area contributed by atoms with Crippen molar-refractivity contribution in [2.24, 2.45) is 0 Å². The molecule has 5 nitrogen and oxygen atoms in total. The van der Waals surface area contributed by atoms with E-state index < -0.39 is 0 Å². The molecular formula is C16H20ClN3O2S. The molecule has 1 heterocycles. The van der Waals surface area contributed by atoms with Gasteiger partial charge in [-0.2, -0.15) is 11.3 Å². The van der Waals surface area contributed by atoms with Gasteiger partial charge in [-0.05, 0) is 42.5 Å². The third kappa shape index (κ3) is 5.92. The number of benzene rings is 1. The van der Waals surface area contributed by atoms with Crippen molar-refractivity contribution >= 4 is 46.9 Å². The maximum atomic E-state index is 11.9. The smallest absolute Gasteiger partial charge is 0.252 e. The normalized spacial score (nSPS) is 9.78. The quantitative estimate of drug-likeness (QED) is 0.550. The van der Waals surface area contributed by atoms with E-state index in [2.05, 4.69) is 10.6 Å². The van der Waals surface area contributed by atoms with Crippen molar-refractivity contribution in [1.29, 1.82) is 0 Å². The van der Waals surface area contributed by atoms with E-state index in [1.54, 1.807) is 23.6 Å². The zero-order chi connectivity index (χ0) is 15.9. The number of carbonyl (C=O) groups excluding carboxylic acids is 2. The Hall–Kier alpha value is -2.05. The number of thiophene rings is 1. The summed E-state index contributed by atoms with van der Waals surface area (Å²) >= 11 is 1.48. The summed E-state index contributed by atoms with van der Waals surface area (Å²) in [5, 5.41) is 9.28. The molecule has 0 unspecified atom stereocenters. The largest absolute Gasteiger partial charge is 0.399 e. The summed E-state index contributed by atoms with van der Waals surface area (Å²) in [4.78, 5) is 23.6. The summed E-state index contributed by atoms with van der Waals surface area (Å²) in [6.07, 6.45) is 0.932. The third-order valence-corrected chi connectivity index (χ3v) is 3.87. The number of rotatable bonds is 6. The van der Waals surface area contributed by atoms with E-state index >= 15 is 0 Å². The number of nitrogens with two attached hydrogens (primary N) is 1. The Kier molecular flexibility index (Phi) is 7.57. The lowest BCUT2D eigenvalue weighted by molar-refractivity contribution is -0.116. The monoisotopic (exact) mass is 353 g/mol. The van der Waals surface area contributed by atoms with Gasteiger partial charge >= 0.3 is 0 Å². The molecule has 2 aromatic rings. The topological polar surface area (TPSA) is 84.2 Å². The second-order valence-electron chi connectivity index (χ2n) is 4.99. The van der Waals surface area contributed by atoms with Crippen LogP contribution in [0.25, 0.3) is 0 Å². The van der Waals surface area contributed by atoms with Gasteiger partial charge in [-0.3, -0.25) is 9.59 Å². The highest BCUT2D eigenvalue weighted by Gasteiger charge is 2.07. The van der Waals surface area contributed by atoms with E-state index in [0.717, 1.165) is 11.3 Å². The number of hydrogen-bond acceptors (Lipinski definition) is 4. The lowest BCUT2D eigenvalue weighted by atomic mass is 10.1. The molecule has 0 radical (unpaired) electrons. The third-order valence-electron chi connectivity index (χ3n) is 3.19. The van der Waals surface area contributed by atoms with Crippen LogP contribution in [0.2, 0.25) is 0 Å². The highest BCUT2D eigenvalue weighted by atomic mass is 35.5. The van der Waals surface area contributed by atoms with E-state index in [1.165, 1.54) is 11.3 Å². The van der Waals surface area contributed by atoms with Crippen molar-refractivity contribution in [3.05, 3.63) is 46.2 Å². The SMILES string of the molecule is Cc1ccc(N)cc1NC(=O)CCCNC(=O)c1ccsc1.Cl. The van der Waals surface area contributed by atoms with Crippen LogP contribution in [-0.4, -0.2) is 18.4 Å². The van der Waals surface area contributed by atoms with Crippen LogP contribution < -0.4 is 16.4 Å². The number of halogens is 1. The molecule has 23 heavy (non-hydrogen) atoms. The molecule has 0 aliphatic rings. The van der Waals surface area contributed by atoms with Crippen molar-refractivity contribution in [3.63, 3.8) is 0 Å². The summed E-state index contributed by atoms with van der Waals surface area (Å²) in [7, 11) is 0. The van der Waals surface area contributed by atoms with Gasteiger partial charge in [0.25, 0.3) is 5.91 Å². The van der Waals surface area contributed by atoms with E-state index in [9.17, 15) is 9.59 Å². The zero-order valence-electron chi connectivity index (χ0n) is 12.8. The molecule has 0 bridgehead atoms. The molecule has 2 amide bonds. The van der Waals surface area contributed by atoms with Crippen molar-refractivity contribution in [2.45, 2.75) is 19.8 Å². The average molecular weight is 354 g/mol. The Balaban J connectivity index is 0.00000264. The van der Waals surface area contributed by atoms with E-state index in [4.69, 9.17) is 5.73 Å². The second kappa shape index (κ2) is 9.17. The Morgan fingerprint density at radius 1 is 1.26 bits per heavy atom. The molecule has 1 aromatic carbocycles. The number of hydrogen-bond donors (Lipinski definition) is 3. The van der Waals surface area contributed by atoms with Crippen LogP contribution in [0.3, 0.4) is 0 Å². The predicted molar refractivity (Wildman–Crippen MR) is 97.4 cm³/mol. The molecule has 0 spiro atoms. The molecule has 0 saturated heterocycles. The summed E-state index contributed by atoms with van der Waals surface area (Å²) in [6, 6.07) is 7.18. The number of nitrogens with one attached hydrogen (secondary N) is 2.